The van der Waals surface area contributed by atoms with Gasteiger partial charge in [0, 0.05) is 22.0 Å². The summed E-state index contributed by atoms with van der Waals surface area (Å²) in [5.41, 5.74) is 14.1. The molecule has 7 aromatic carbocycles. The lowest BCUT2D eigenvalue weighted by molar-refractivity contribution is 0.477. The molecule has 0 saturated heterocycles. The van der Waals surface area contributed by atoms with Crippen molar-refractivity contribution in [1.29, 1.82) is 0 Å². The van der Waals surface area contributed by atoms with Gasteiger partial charge in [0.15, 0.2) is 11.5 Å². The molecule has 46 heavy (non-hydrogen) atoms. The monoisotopic (exact) mass is 586 g/mol. The number of rotatable bonds is 1. The molecule has 1 aromatic heterocycles. The van der Waals surface area contributed by atoms with Gasteiger partial charge in [0.25, 0.3) is 0 Å². The average molecular weight is 587 g/mol. The highest BCUT2D eigenvalue weighted by Crippen LogP contribution is 2.65. The van der Waals surface area contributed by atoms with E-state index in [0.29, 0.717) is 0 Å². The molecule has 0 fully saturated rings. The number of anilines is 3. The fourth-order valence-electron chi connectivity index (χ4n) is 8.73. The van der Waals surface area contributed by atoms with Gasteiger partial charge in [-0.25, -0.2) is 0 Å². The van der Waals surface area contributed by atoms with Crippen LogP contribution in [0.3, 0.4) is 0 Å². The Balaban J connectivity index is 1.33. The minimum absolute atomic E-state index is 0.513. The molecule has 0 bridgehead atoms. The van der Waals surface area contributed by atoms with E-state index >= 15 is 0 Å². The van der Waals surface area contributed by atoms with Crippen LogP contribution in [0.4, 0.5) is 17.1 Å². The zero-order chi connectivity index (χ0) is 30.0. The number of fused-ring (bicyclic) bond motifs is 15. The Kier molecular flexibility index (Phi) is 4.52. The molecule has 8 aromatic rings. The Hall–Kier alpha value is -6.06. The first kappa shape index (κ1) is 24.3. The summed E-state index contributed by atoms with van der Waals surface area (Å²) in [6.07, 6.45) is 0. The summed E-state index contributed by atoms with van der Waals surface area (Å²) in [4.78, 5) is 2.40. The Labute approximate surface area is 266 Å². The van der Waals surface area contributed by atoms with Crippen molar-refractivity contribution in [2.45, 2.75) is 5.41 Å². The second kappa shape index (κ2) is 8.56. The van der Waals surface area contributed by atoms with Crippen molar-refractivity contribution in [2.24, 2.45) is 0 Å². The molecule has 3 aliphatic rings. The summed E-state index contributed by atoms with van der Waals surface area (Å²) in [6.45, 7) is 0. The Morgan fingerprint density at radius 3 is 2.07 bits per heavy atom. The van der Waals surface area contributed by atoms with Gasteiger partial charge >= 0.3 is 0 Å². The zero-order valence-corrected chi connectivity index (χ0v) is 24.8. The summed E-state index contributed by atoms with van der Waals surface area (Å²) in [5, 5.41) is 2.57. The minimum Gasteiger partial charge on any atom is -0.453 e. The number of benzene rings is 7. The first-order valence-electron chi connectivity index (χ1n) is 15.9. The van der Waals surface area contributed by atoms with Crippen LogP contribution in [-0.4, -0.2) is 4.57 Å². The number of ether oxygens (including phenoxy) is 1. The van der Waals surface area contributed by atoms with Crippen LogP contribution in [0.1, 0.15) is 22.3 Å². The fraction of sp³-hybridized carbons (Fsp3) is 0.0233. The predicted molar refractivity (Wildman–Crippen MR) is 186 cm³/mol. The van der Waals surface area contributed by atoms with Crippen LogP contribution in [0.2, 0.25) is 0 Å². The van der Waals surface area contributed by atoms with Crippen molar-refractivity contribution in [1.82, 2.24) is 4.57 Å². The largest absolute Gasteiger partial charge is 0.453 e. The standard InChI is InChI=1S/C43H26N2O/c1-2-13-27(14-3-1)44-37-23-10-11-24-38(37)46-39-26-25-33-40(42(39)44)30-16-4-6-18-31(30)43(33)32-19-7-9-22-36(32)45-35-21-8-5-15-28(35)29-17-12-20-34(43)41(29)45/h1-26H. The molecule has 2 aliphatic heterocycles. The van der Waals surface area contributed by atoms with Crippen molar-refractivity contribution < 1.29 is 4.74 Å². The maximum Gasteiger partial charge on any atom is 0.152 e. The van der Waals surface area contributed by atoms with E-state index in [0.717, 1.165) is 28.6 Å². The van der Waals surface area contributed by atoms with Gasteiger partial charge in [-0.1, -0.05) is 115 Å². The fourth-order valence-corrected chi connectivity index (χ4v) is 8.73. The van der Waals surface area contributed by atoms with Crippen LogP contribution in [0.15, 0.2) is 158 Å². The molecule has 1 unspecified atom stereocenters. The van der Waals surface area contributed by atoms with E-state index in [-0.39, 0.29) is 0 Å². The molecule has 3 heteroatoms. The molecular formula is C43H26N2O. The van der Waals surface area contributed by atoms with Gasteiger partial charge < -0.3 is 14.2 Å². The first-order chi connectivity index (χ1) is 22.9. The molecule has 3 nitrogen and oxygen atoms in total. The lowest BCUT2D eigenvalue weighted by atomic mass is 9.65. The van der Waals surface area contributed by atoms with E-state index in [1.165, 1.54) is 60.9 Å². The van der Waals surface area contributed by atoms with Gasteiger partial charge in [-0.3, -0.25) is 0 Å². The third kappa shape index (κ3) is 2.76. The summed E-state index contributed by atoms with van der Waals surface area (Å²) < 4.78 is 9.22. The van der Waals surface area contributed by atoms with Gasteiger partial charge in [-0.15, -0.1) is 0 Å². The summed E-state index contributed by atoms with van der Waals surface area (Å²) in [5.74, 6) is 1.72. The topological polar surface area (TPSA) is 17.4 Å². The first-order valence-corrected chi connectivity index (χ1v) is 15.9. The van der Waals surface area contributed by atoms with Gasteiger partial charge in [0.2, 0.25) is 0 Å². The minimum atomic E-state index is -0.513. The molecule has 1 atom stereocenters. The van der Waals surface area contributed by atoms with Crippen molar-refractivity contribution in [3.05, 3.63) is 180 Å². The summed E-state index contributed by atoms with van der Waals surface area (Å²) in [7, 11) is 0. The molecule has 0 amide bonds. The average Bonchev–Trinajstić information content (AvgIpc) is 3.62. The normalized spacial score (nSPS) is 16.5. The maximum absolute atomic E-state index is 6.72. The quantitative estimate of drug-likeness (QED) is 0.190. The number of hydrogen-bond acceptors (Lipinski definition) is 2. The van der Waals surface area contributed by atoms with Crippen LogP contribution < -0.4 is 9.64 Å². The van der Waals surface area contributed by atoms with Crippen molar-refractivity contribution >= 4 is 38.9 Å². The lowest BCUT2D eigenvalue weighted by Gasteiger charge is -2.40. The van der Waals surface area contributed by atoms with Crippen LogP contribution in [0.5, 0.6) is 11.5 Å². The second-order valence-electron chi connectivity index (χ2n) is 12.4. The third-order valence-electron chi connectivity index (χ3n) is 10.4. The molecule has 0 N–H and O–H groups in total. The molecule has 1 aliphatic carbocycles. The van der Waals surface area contributed by atoms with Gasteiger partial charge in [-0.05, 0) is 70.3 Å². The van der Waals surface area contributed by atoms with E-state index in [9.17, 15) is 0 Å². The van der Waals surface area contributed by atoms with Crippen LogP contribution >= 0.6 is 0 Å². The molecule has 0 saturated carbocycles. The molecule has 214 valence electrons. The van der Waals surface area contributed by atoms with Crippen LogP contribution in [0, 0.1) is 0 Å². The molecule has 1 spiro atoms. The van der Waals surface area contributed by atoms with Gasteiger partial charge in [-0.2, -0.15) is 0 Å². The number of aromatic nitrogens is 1. The maximum atomic E-state index is 6.72. The molecule has 3 heterocycles. The number of hydrogen-bond donors (Lipinski definition) is 0. The number of nitrogens with zero attached hydrogens (tertiary/aromatic N) is 2. The highest BCUT2D eigenvalue weighted by molar-refractivity contribution is 6.13. The smallest absolute Gasteiger partial charge is 0.152 e. The van der Waals surface area contributed by atoms with Crippen molar-refractivity contribution in [2.75, 3.05) is 4.90 Å². The molecule has 0 radical (unpaired) electrons. The van der Waals surface area contributed by atoms with E-state index in [1.54, 1.807) is 0 Å². The van der Waals surface area contributed by atoms with Crippen molar-refractivity contribution in [3.63, 3.8) is 0 Å². The Bertz CT molecular complexity index is 2580. The SMILES string of the molecule is c1ccc(N2c3ccccc3Oc3ccc4c(c32)-c2ccccc2C42c3ccccc3-n3c4ccccc4c4cccc2c43)cc1. The van der Waals surface area contributed by atoms with Gasteiger partial charge in [0.05, 0.1) is 33.5 Å². The summed E-state index contributed by atoms with van der Waals surface area (Å²) in [6, 6.07) is 57.4. The second-order valence-corrected chi connectivity index (χ2v) is 12.4. The highest BCUT2D eigenvalue weighted by Gasteiger charge is 2.52. The van der Waals surface area contributed by atoms with E-state index in [4.69, 9.17) is 4.74 Å². The Morgan fingerprint density at radius 1 is 0.457 bits per heavy atom. The zero-order valence-electron chi connectivity index (χ0n) is 24.8. The number of para-hydroxylation sites is 6. The van der Waals surface area contributed by atoms with Crippen molar-refractivity contribution in [3.8, 4) is 28.3 Å². The predicted octanol–water partition coefficient (Wildman–Crippen LogP) is 11.0. The summed E-state index contributed by atoms with van der Waals surface area (Å²) >= 11 is 0. The van der Waals surface area contributed by atoms with Gasteiger partial charge in [0.1, 0.15) is 0 Å². The van der Waals surface area contributed by atoms with E-state index in [1.807, 2.05) is 6.07 Å². The molecule has 11 rings (SSSR count). The third-order valence-corrected chi connectivity index (χ3v) is 10.4. The highest BCUT2D eigenvalue weighted by atomic mass is 16.5. The Morgan fingerprint density at radius 2 is 1.15 bits per heavy atom. The van der Waals surface area contributed by atoms with E-state index in [2.05, 4.69) is 161 Å². The molecular weight excluding hydrogens is 560 g/mol. The van der Waals surface area contributed by atoms with Crippen LogP contribution in [0.25, 0.3) is 38.6 Å². The lowest BCUT2D eigenvalue weighted by Crippen LogP contribution is -2.33. The van der Waals surface area contributed by atoms with E-state index < -0.39 is 5.41 Å². The van der Waals surface area contributed by atoms with Crippen LogP contribution in [-0.2, 0) is 5.41 Å².